The Hall–Kier alpha value is -1.83. The summed E-state index contributed by atoms with van der Waals surface area (Å²) in [5.41, 5.74) is 0.825. The van der Waals surface area contributed by atoms with Crippen LogP contribution in [0.3, 0.4) is 0 Å². The standard InChI is InChI=1S/C18H22Cl2N4O3/c1-27-18(26)12-3-2-7-23(10-12)11-17(25)21-16-6-8-24(22-16)13-4-5-14(19)15(20)9-13/h4-5,9,12H,2-3,6-8,10-11H2,1H3,(H,21,22,25)/t12-/m0/s1. The van der Waals surface area contributed by atoms with Crippen LogP contribution in [0.5, 0.6) is 0 Å². The van der Waals surface area contributed by atoms with Gasteiger partial charge >= 0.3 is 5.97 Å². The summed E-state index contributed by atoms with van der Waals surface area (Å²) in [7, 11) is 1.39. The summed E-state index contributed by atoms with van der Waals surface area (Å²) in [6, 6.07) is 5.31. The smallest absolute Gasteiger partial charge is 0.309 e. The van der Waals surface area contributed by atoms with E-state index in [9.17, 15) is 9.59 Å². The number of halogens is 2. The number of piperidine rings is 1. The number of amidine groups is 1. The van der Waals surface area contributed by atoms with Gasteiger partial charge in [0.1, 0.15) is 5.84 Å². The topological polar surface area (TPSA) is 74.2 Å². The van der Waals surface area contributed by atoms with Crippen LogP contribution in [0.15, 0.2) is 23.3 Å². The monoisotopic (exact) mass is 412 g/mol. The quantitative estimate of drug-likeness (QED) is 0.768. The van der Waals surface area contributed by atoms with Crippen LogP contribution in [-0.4, -0.2) is 55.9 Å². The molecule has 0 bridgehead atoms. The summed E-state index contributed by atoms with van der Waals surface area (Å²) in [5.74, 6) is 0.117. The van der Waals surface area contributed by atoms with E-state index in [0.29, 0.717) is 35.4 Å². The van der Waals surface area contributed by atoms with Crippen molar-refractivity contribution in [3.05, 3.63) is 28.2 Å². The van der Waals surface area contributed by atoms with Gasteiger partial charge in [0.05, 0.1) is 35.3 Å². The van der Waals surface area contributed by atoms with E-state index in [4.69, 9.17) is 27.9 Å². The Labute approximate surface area is 168 Å². The molecule has 0 aromatic heterocycles. The third-order valence-corrected chi connectivity index (χ3v) is 5.43. The lowest BCUT2D eigenvalue weighted by molar-refractivity contribution is -0.147. The average Bonchev–Trinajstić information content (AvgIpc) is 3.11. The number of carbonyl (C=O) groups is 2. The Morgan fingerprint density at radius 2 is 2.11 bits per heavy atom. The lowest BCUT2D eigenvalue weighted by atomic mass is 9.98. The highest BCUT2D eigenvalue weighted by atomic mass is 35.5. The summed E-state index contributed by atoms with van der Waals surface area (Å²) in [6.45, 7) is 2.23. The minimum absolute atomic E-state index is 0.129. The van der Waals surface area contributed by atoms with Crippen molar-refractivity contribution in [1.29, 1.82) is 0 Å². The summed E-state index contributed by atoms with van der Waals surface area (Å²) < 4.78 is 4.81. The number of esters is 1. The van der Waals surface area contributed by atoms with Crippen LogP contribution in [0.25, 0.3) is 0 Å². The largest absolute Gasteiger partial charge is 0.469 e. The zero-order valence-corrected chi connectivity index (χ0v) is 16.6. The Bertz CT molecular complexity index is 756. The fraction of sp³-hybridized carbons (Fsp3) is 0.500. The lowest BCUT2D eigenvalue weighted by Crippen LogP contribution is -2.45. The first-order valence-electron chi connectivity index (χ1n) is 8.86. The van der Waals surface area contributed by atoms with Crippen molar-refractivity contribution in [1.82, 2.24) is 10.2 Å². The van der Waals surface area contributed by atoms with Crippen molar-refractivity contribution >= 4 is 46.6 Å². The molecular weight excluding hydrogens is 391 g/mol. The Balaban J connectivity index is 1.53. The number of carbonyl (C=O) groups excluding carboxylic acids is 2. The van der Waals surface area contributed by atoms with Gasteiger partial charge in [0.25, 0.3) is 0 Å². The van der Waals surface area contributed by atoms with Crippen LogP contribution in [-0.2, 0) is 14.3 Å². The molecule has 0 spiro atoms. The molecule has 2 heterocycles. The number of anilines is 1. The van der Waals surface area contributed by atoms with E-state index in [1.165, 1.54) is 7.11 Å². The van der Waals surface area contributed by atoms with Gasteiger partial charge in [-0.3, -0.25) is 19.5 Å². The summed E-state index contributed by atoms with van der Waals surface area (Å²) in [6.07, 6.45) is 2.31. The molecule has 1 fully saturated rings. The van der Waals surface area contributed by atoms with Gasteiger partial charge in [-0.2, -0.15) is 5.10 Å². The molecule has 9 heteroatoms. The lowest BCUT2D eigenvalue weighted by Gasteiger charge is -2.30. The molecule has 1 amide bonds. The fourth-order valence-electron chi connectivity index (χ4n) is 3.34. The average molecular weight is 413 g/mol. The highest BCUT2D eigenvalue weighted by molar-refractivity contribution is 6.42. The molecule has 0 aliphatic carbocycles. The molecule has 2 aliphatic rings. The summed E-state index contributed by atoms with van der Waals surface area (Å²) in [5, 5.41) is 10.0. The van der Waals surface area contributed by atoms with Crippen LogP contribution in [0.2, 0.25) is 10.0 Å². The fourth-order valence-corrected chi connectivity index (χ4v) is 3.63. The van der Waals surface area contributed by atoms with Gasteiger partial charge in [-0.25, -0.2) is 0 Å². The first-order chi connectivity index (χ1) is 13.0. The maximum atomic E-state index is 12.3. The Morgan fingerprint density at radius 1 is 1.30 bits per heavy atom. The third-order valence-electron chi connectivity index (χ3n) is 4.69. The van der Waals surface area contributed by atoms with E-state index < -0.39 is 0 Å². The van der Waals surface area contributed by atoms with Gasteiger partial charge in [0.15, 0.2) is 0 Å². The number of likely N-dealkylation sites (tertiary alicyclic amines) is 1. The molecule has 1 atom stereocenters. The van der Waals surface area contributed by atoms with Gasteiger partial charge in [-0.05, 0) is 37.6 Å². The zero-order valence-electron chi connectivity index (χ0n) is 15.1. The second kappa shape index (κ2) is 8.91. The van der Waals surface area contributed by atoms with Gasteiger partial charge in [-0.15, -0.1) is 0 Å². The minimum Gasteiger partial charge on any atom is -0.469 e. The molecule has 1 aromatic carbocycles. The van der Waals surface area contributed by atoms with Crippen molar-refractivity contribution in [2.75, 3.05) is 38.3 Å². The Kier molecular flexibility index (Phi) is 6.57. The SMILES string of the molecule is COC(=O)[C@H]1CCCN(CC(=O)NC2=NN(c3ccc(Cl)c(Cl)c3)CC2)C1. The number of rotatable bonds is 4. The number of nitrogens with zero attached hydrogens (tertiary/aromatic N) is 3. The van der Waals surface area contributed by atoms with E-state index in [2.05, 4.69) is 10.4 Å². The van der Waals surface area contributed by atoms with Crippen LogP contribution in [0.4, 0.5) is 5.69 Å². The van der Waals surface area contributed by atoms with Crippen molar-refractivity contribution in [3.63, 3.8) is 0 Å². The number of hydrogen-bond donors (Lipinski definition) is 1. The van der Waals surface area contributed by atoms with E-state index in [0.717, 1.165) is 25.1 Å². The van der Waals surface area contributed by atoms with E-state index in [-0.39, 0.29) is 24.3 Å². The number of hydrazone groups is 1. The van der Waals surface area contributed by atoms with Crippen LogP contribution in [0.1, 0.15) is 19.3 Å². The molecule has 7 nitrogen and oxygen atoms in total. The van der Waals surface area contributed by atoms with Crippen LogP contribution >= 0.6 is 23.2 Å². The van der Waals surface area contributed by atoms with Crippen molar-refractivity contribution in [2.24, 2.45) is 11.0 Å². The number of methoxy groups -OCH3 is 1. The van der Waals surface area contributed by atoms with Crippen molar-refractivity contribution in [2.45, 2.75) is 19.3 Å². The normalized spacial score (nSPS) is 20.3. The molecular formula is C18H22Cl2N4O3. The molecule has 1 N–H and O–H groups in total. The number of nitrogens with one attached hydrogen (secondary N) is 1. The second-order valence-electron chi connectivity index (χ2n) is 6.66. The highest BCUT2D eigenvalue weighted by Crippen LogP contribution is 2.28. The first-order valence-corrected chi connectivity index (χ1v) is 9.62. The van der Waals surface area contributed by atoms with E-state index in [1.807, 2.05) is 11.0 Å². The molecule has 0 unspecified atom stereocenters. The summed E-state index contributed by atoms with van der Waals surface area (Å²) in [4.78, 5) is 26.0. The molecule has 0 saturated carbocycles. The summed E-state index contributed by atoms with van der Waals surface area (Å²) >= 11 is 12.0. The maximum Gasteiger partial charge on any atom is 0.309 e. The molecule has 1 aromatic rings. The van der Waals surface area contributed by atoms with Crippen LogP contribution in [0, 0.1) is 5.92 Å². The number of ether oxygens (including phenoxy) is 1. The number of hydrogen-bond acceptors (Lipinski definition) is 6. The van der Waals surface area contributed by atoms with Crippen molar-refractivity contribution < 1.29 is 14.3 Å². The van der Waals surface area contributed by atoms with Gasteiger partial charge in [0.2, 0.25) is 5.91 Å². The van der Waals surface area contributed by atoms with Crippen LogP contribution < -0.4 is 10.3 Å². The molecule has 146 valence electrons. The number of amides is 1. The second-order valence-corrected chi connectivity index (χ2v) is 7.48. The Morgan fingerprint density at radius 3 is 2.85 bits per heavy atom. The van der Waals surface area contributed by atoms with Gasteiger partial charge in [-0.1, -0.05) is 23.2 Å². The molecule has 1 saturated heterocycles. The van der Waals surface area contributed by atoms with Crippen molar-refractivity contribution in [3.8, 4) is 0 Å². The molecule has 2 aliphatic heterocycles. The predicted molar refractivity (Wildman–Crippen MR) is 105 cm³/mol. The maximum absolute atomic E-state index is 12.3. The third kappa shape index (κ3) is 5.12. The molecule has 3 rings (SSSR count). The van der Waals surface area contributed by atoms with Gasteiger partial charge in [0, 0.05) is 19.5 Å². The minimum atomic E-state index is -0.211. The predicted octanol–water partition coefficient (Wildman–Crippen LogP) is 2.52. The number of benzene rings is 1. The molecule has 27 heavy (non-hydrogen) atoms. The molecule has 0 radical (unpaired) electrons. The first kappa shape index (κ1) is 19.9. The van der Waals surface area contributed by atoms with Gasteiger partial charge < -0.3 is 10.1 Å². The zero-order chi connectivity index (χ0) is 19.4. The van der Waals surface area contributed by atoms with E-state index in [1.54, 1.807) is 17.1 Å². The van der Waals surface area contributed by atoms with E-state index >= 15 is 0 Å². The highest BCUT2D eigenvalue weighted by Gasteiger charge is 2.28.